The summed E-state index contributed by atoms with van der Waals surface area (Å²) in [5.41, 5.74) is 2.11. The van der Waals surface area contributed by atoms with Crippen molar-refractivity contribution in [2.45, 2.75) is 72.1 Å². The first-order chi connectivity index (χ1) is 16.5. The Bertz CT molecular complexity index is 821. The lowest BCUT2D eigenvalue weighted by atomic mass is 10.0. The van der Waals surface area contributed by atoms with Gasteiger partial charge in [0.05, 0.1) is 6.04 Å². The second kappa shape index (κ2) is 17.5. The molecule has 2 aromatic rings. The lowest BCUT2D eigenvalue weighted by Gasteiger charge is -2.25. The number of carbonyl (C=O) groups is 3. The summed E-state index contributed by atoms with van der Waals surface area (Å²) in [4.78, 5) is 36.2. The van der Waals surface area contributed by atoms with Crippen molar-refractivity contribution in [3.63, 3.8) is 0 Å². The average molecular weight is 469 g/mol. The Labute approximate surface area is 204 Å². The van der Waals surface area contributed by atoms with E-state index in [1.54, 1.807) is 0 Å². The van der Waals surface area contributed by atoms with Crippen molar-refractivity contribution in [2.24, 2.45) is 0 Å². The largest absolute Gasteiger partial charge is 0.460 e. The summed E-state index contributed by atoms with van der Waals surface area (Å²) in [6, 6.07) is 18.7. The average Bonchev–Trinajstić information content (AvgIpc) is 3.42. The second-order valence-electron chi connectivity index (χ2n) is 7.83. The van der Waals surface area contributed by atoms with Gasteiger partial charge in [0.15, 0.2) is 0 Å². The molecule has 3 rings (SSSR count). The standard InChI is InChI=1S/C24H30N2O3.C2H4O.C2H6/c1-19(23(27)26-16-8-9-17-26)25-22(15-14-20-10-4-2-5-11-20)24(28)29-18-21-12-6-3-7-13-21;1-2-3;1-2/h2-7,10-13,19,22,25H,8-9,14-18H2,1H3;2H,1H3;1-2H3/t19?,22-;;/m0../s1. The van der Waals surface area contributed by atoms with E-state index in [4.69, 9.17) is 9.53 Å². The number of hydrogen-bond acceptors (Lipinski definition) is 5. The SMILES string of the molecule is CC.CC(N[C@@H](CCc1ccccc1)C(=O)OCc1ccccc1)C(=O)N1CCCC1.CC=O. The Morgan fingerprint density at radius 1 is 0.971 bits per heavy atom. The number of amides is 1. The molecule has 0 aromatic heterocycles. The quantitative estimate of drug-likeness (QED) is 0.431. The predicted molar refractivity (Wildman–Crippen MR) is 136 cm³/mol. The van der Waals surface area contributed by atoms with E-state index in [1.165, 1.54) is 6.92 Å². The molecule has 0 spiro atoms. The highest BCUT2D eigenvalue weighted by atomic mass is 16.5. The highest BCUT2D eigenvalue weighted by Crippen LogP contribution is 2.12. The van der Waals surface area contributed by atoms with E-state index in [0.717, 1.165) is 49.8 Å². The zero-order valence-electron chi connectivity index (χ0n) is 21.0. The number of likely N-dealkylation sites (tertiary alicyclic amines) is 1. The van der Waals surface area contributed by atoms with Crippen molar-refractivity contribution in [2.75, 3.05) is 13.1 Å². The number of rotatable bonds is 9. The van der Waals surface area contributed by atoms with E-state index in [9.17, 15) is 9.59 Å². The van der Waals surface area contributed by atoms with Crippen LogP contribution in [-0.4, -0.2) is 48.2 Å². The van der Waals surface area contributed by atoms with E-state index in [0.29, 0.717) is 6.42 Å². The molecule has 0 bridgehead atoms. The molecule has 0 aliphatic carbocycles. The highest BCUT2D eigenvalue weighted by molar-refractivity contribution is 5.83. The summed E-state index contributed by atoms with van der Waals surface area (Å²) in [5, 5.41) is 3.23. The van der Waals surface area contributed by atoms with Crippen LogP contribution in [0.15, 0.2) is 60.7 Å². The summed E-state index contributed by atoms with van der Waals surface area (Å²) in [6.45, 7) is 9.12. The zero-order valence-corrected chi connectivity index (χ0v) is 21.0. The molecule has 2 aromatic carbocycles. The van der Waals surface area contributed by atoms with Gasteiger partial charge < -0.3 is 14.4 Å². The van der Waals surface area contributed by atoms with Gasteiger partial charge in [-0.2, -0.15) is 0 Å². The molecule has 1 N–H and O–H groups in total. The summed E-state index contributed by atoms with van der Waals surface area (Å²) in [7, 11) is 0. The first-order valence-corrected chi connectivity index (χ1v) is 12.2. The fraction of sp³-hybridized carbons (Fsp3) is 0.464. The van der Waals surface area contributed by atoms with Crippen LogP contribution in [0.25, 0.3) is 0 Å². The van der Waals surface area contributed by atoms with Crippen LogP contribution in [0.5, 0.6) is 0 Å². The van der Waals surface area contributed by atoms with Gasteiger partial charge in [0.1, 0.15) is 18.9 Å². The van der Waals surface area contributed by atoms with Crippen LogP contribution >= 0.6 is 0 Å². The Balaban J connectivity index is 0.00000107. The lowest BCUT2D eigenvalue weighted by Crippen LogP contribution is -2.50. The smallest absolute Gasteiger partial charge is 0.323 e. The molecular formula is C28H40N2O4. The molecule has 6 nitrogen and oxygen atoms in total. The number of aldehydes is 1. The van der Waals surface area contributed by atoms with Gasteiger partial charge in [0, 0.05) is 13.1 Å². The number of ether oxygens (including phenoxy) is 1. The van der Waals surface area contributed by atoms with Gasteiger partial charge >= 0.3 is 5.97 Å². The van der Waals surface area contributed by atoms with Crippen LogP contribution in [0.1, 0.15) is 58.1 Å². The van der Waals surface area contributed by atoms with E-state index in [1.807, 2.05) is 86.3 Å². The van der Waals surface area contributed by atoms with Crippen LogP contribution in [-0.2, 0) is 32.1 Å². The Kier molecular flexibility index (Phi) is 14.9. The maximum Gasteiger partial charge on any atom is 0.323 e. The highest BCUT2D eigenvalue weighted by Gasteiger charge is 2.28. The number of nitrogens with one attached hydrogen (secondary N) is 1. The minimum Gasteiger partial charge on any atom is -0.460 e. The van der Waals surface area contributed by atoms with Crippen molar-refractivity contribution in [1.29, 1.82) is 0 Å². The number of nitrogens with zero attached hydrogens (tertiary/aromatic N) is 1. The normalized spacial score (nSPS) is 13.9. The molecule has 1 heterocycles. The van der Waals surface area contributed by atoms with Crippen LogP contribution < -0.4 is 5.32 Å². The summed E-state index contributed by atoms with van der Waals surface area (Å²) in [6.07, 6.45) is 4.17. The van der Waals surface area contributed by atoms with Crippen molar-refractivity contribution >= 4 is 18.2 Å². The van der Waals surface area contributed by atoms with Crippen LogP contribution in [0, 0.1) is 0 Å². The van der Waals surface area contributed by atoms with E-state index < -0.39 is 12.1 Å². The number of hydrogen-bond donors (Lipinski definition) is 1. The third-order valence-corrected chi connectivity index (χ3v) is 5.31. The first kappa shape index (κ1) is 29.0. The molecule has 1 amide bonds. The molecule has 6 heteroatoms. The molecule has 2 atom stereocenters. The van der Waals surface area contributed by atoms with Gasteiger partial charge in [0.25, 0.3) is 0 Å². The molecule has 34 heavy (non-hydrogen) atoms. The van der Waals surface area contributed by atoms with Gasteiger partial charge in [-0.25, -0.2) is 0 Å². The minimum atomic E-state index is -0.527. The van der Waals surface area contributed by atoms with Crippen molar-refractivity contribution < 1.29 is 19.1 Å². The van der Waals surface area contributed by atoms with Crippen LogP contribution in [0.4, 0.5) is 0 Å². The van der Waals surface area contributed by atoms with Crippen molar-refractivity contribution in [3.05, 3.63) is 71.8 Å². The molecule has 1 fully saturated rings. The Morgan fingerprint density at radius 2 is 1.47 bits per heavy atom. The number of carbonyl (C=O) groups excluding carboxylic acids is 3. The monoisotopic (exact) mass is 468 g/mol. The van der Waals surface area contributed by atoms with E-state index >= 15 is 0 Å². The van der Waals surface area contributed by atoms with Crippen LogP contribution in [0.3, 0.4) is 0 Å². The molecule has 1 unspecified atom stereocenters. The van der Waals surface area contributed by atoms with Gasteiger partial charge in [-0.05, 0) is 50.7 Å². The number of aryl methyl sites for hydroxylation is 1. The second-order valence-corrected chi connectivity index (χ2v) is 7.83. The van der Waals surface area contributed by atoms with E-state index in [2.05, 4.69) is 5.32 Å². The Morgan fingerprint density at radius 3 is 2.00 bits per heavy atom. The van der Waals surface area contributed by atoms with Crippen LogP contribution in [0.2, 0.25) is 0 Å². The van der Waals surface area contributed by atoms with Gasteiger partial charge in [-0.3, -0.25) is 14.9 Å². The predicted octanol–water partition coefficient (Wildman–Crippen LogP) is 4.56. The zero-order chi connectivity index (χ0) is 25.2. The third-order valence-electron chi connectivity index (χ3n) is 5.31. The lowest BCUT2D eigenvalue weighted by molar-refractivity contribution is -0.148. The molecule has 1 aliphatic heterocycles. The topological polar surface area (TPSA) is 75.7 Å². The molecule has 186 valence electrons. The molecule has 1 aliphatic rings. The summed E-state index contributed by atoms with van der Waals surface area (Å²) in [5.74, 6) is -0.256. The fourth-order valence-electron chi connectivity index (χ4n) is 3.64. The maximum absolute atomic E-state index is 12.8. The summed E-state index contributed by atoms with van der Waals surface area (Å²) >= 11 is 0. The van der Waals surface area contributed by atoms with Crippen molar-refractivity contribution in [3.8, 4) is 0 Å². The number of esters is 1. The van der Waals surface area contributed by atoms with Gasteiger partial charge in [-0.1, -0.05) is 74.5 Å². The molecule has 0 saturated carbocycles. The maximum atomic E-state index is 12.8. The first-order valence-electron chi connectivity index (χ1n) is 12.2. The van der Waals surface area contributed by atoms with Gasteiger partial charge in [0.2, 0.25) is 5.91 Å². The van der Waals surface area contributed by atoms with Crippen molar-refractivity contribution in [1.82, 2.24) is 10.2 Å². The summed E-state index contributed by atoms with van der Waals surface area (Å²) < 4.78 is 5.56. The molecule has 0 radical (unpaired) electrons. The fourth-order valence-corrected chi connectivity index (χ4v) is 3.64. The van der Waals surface area contributed by atoms with Gasteiger partial charge in [-0.15, -0.1) is 0 Å². The molecular weight excluding hydrogens is 428 g/mol. The third kappa shape index (κ3) is 10.8. The van der Waals surface area contributed by atoms with E-state index in [-0.39, 0.29) is 18.5 Å². The molecule has 1 saturated heterocycles. The Hall–Kier alpha value is -2.99. The number of benzene rings is 2. The minimum absolute atomic E-state index is 0.0584.